The van der Waals surface area contributed by atoms with Crippen LogP contribution in [0.5, 0.6) is 5.75 Å². The SMILES string of the molecule is COc1ccc([C@H]2O[C@H](C)CN(C(=O)c3ccccc3)O2)cc1. The number of rotatable bonds is 3. The summed E-state index contributed by atoms with van der Waals surface area (Å²) in [5.74, 6) is 0.592. The molecule has 3 rings (SSSR count). The van der Waals surface area contributed by atoms with Gasteiger partial charge in [-0.05, 0) is 31.2 Å². The molecule has 120 valence electrons. The van der Waals surface area contributed by atoms with E-state index in [1.165, 1.54) is 5.06 Å². The van der Waals surface area contributed by atoms with E-state index in [0.29, 0.717) is 12.1 Å². The Labute approximate surface area is 135 Å². The molecule has 0 radical (unpaired) electrons. The number of benzene rings is 2. The van der Waals surface area contributed by atoms with E-state index in [1.807, 2.05) is 49.4 Å². The fourth-order valence-electron chi connectivity index (χ4n) is 2.43. The molecule has 1 saturated heterocycles. The predicted octanol–water partition coefficient (Wildman–Crippen LogP) is 3.19. The zero-order valence-corrected chi connectivity index (χ0v) is 13.1. The van der Waals surface area contributed by atoms with E-state index < -0.39 is 6.29 Å². The van der Waals surface area contributed by atoms with E-state index in [4.69, 9.17) is 14.3 Å². The molecule has 5 heteroatoms. The lowest BCUT2D eigenvalue weighted by atomic mass is 10.2. The molecule has 0 spiro atoms. The lowest BCUT2D eigenvalue weighted by Gasteiger charge is -2.36. The summed E-state index contributed by atoms with van der Waals surface area (Å²) in [5, 5.41) is 1.37. The normalized spacial score (nSPS) is 21.0. The highest BCUT2D eigenvalue weighted by Gasteiger charge is 2.31. The van der Waals surface area contributed by atoms with Crippen LogP contribution in [-0.2, 0) is 9.57 Å². The number of methoxy groups -OCH3 is 1. The number of hydroxylamine groups is 2. The van der Waals surface area contributed by atoms with Gasteiger partial charge in [0.15, 0.2) is 0 Å². The molecule has 0 bridgehead atoms. The van der Waals surface area contributed by atoms with Crippen molar-refractivity contribution < 1.29 is 19.1 Å². The van der Waals surface area contributed by atoms with Crippen molar-refractivity contribution in [2.45, 2.75) is 19.3 Å². The Bertz CT molecular complexity index is 656. The van der Waals surface area contributed by atoms with Crippen molar-refractivity contribution >= 4 is 5.91 Å². The molecule has 0 unspecified atom stereocenters. The van der Waals surface area contributed by atoms with Crippen LogP contribution >= 0.6 is 0 Å². The number of ether oxygens (including phenoxy) is 2. The Balaban J connectivity index is 1.77. The molecule has 0 N–H and O–H groups in total. The third-order valence-electron chi connectivity index (χ3n) is 3.64. The zero-order chi connectivity index (χ0) is 16.2. The van der Waals surface area contributed by atoms with Crippen LogP contribution in [0, 0.1) is 0 Å². The second-order valence-corrected chi connectivity index (χ2v) is 5.39. The molecule has 2 aromatic carbocycles. The maximum atomic E-state index is 12.5. The number of hydrogen-bond acceptors (Lipinski definition) is 4. The van der Waals surface area contributed by atoms with Crippen LogP contribution in [0.15, 0.2) is 54.6 Å². The molecule has 2 atom stereocenters. The summed E-state index contributed by atoms with van der Waals surface area (Å²) in [6.45, 7) is 2.31. The summed E-state index contributed by atoms with van der Waals surface area (Å²) < 4.78 is 11.0. The Morgan fingerprint density at radius 2 is 1.83 bits per heavy atom. The summed E-state index contributed by atoms with van der Waals surface area (Å²) >= 11 is 0. The Kier molecular flexibility index (Phi) is 4.60. The van der Waals surface area contributed by atoms with Crippen molar-refractivity contribution in [3.8, 4) is 5.75 Å². The third-order valence-corrected chi connectivity index (χ3v) is 3.64. The molecule has 23 heavy (non-hydrogen) atoms. The first-order chi connectivity index (χ1) is 11.2. The van der Waals surface area contributed by atoms with E-state index in [0.717, 1.165) is 11.3 Å². The van der Waals surface area contributed by atoms with Crippen LogP contribution in [0.3, 0.4) is 0 Å². The number of hydrogen-bond donors (Lipinski definition) is 0. The van der Waals surface area contributed by atoms with Gasteiger partial charge in [0.1, 0.15) is 5.75 Å². The molecule has 1 amide bonds. The number of carbonyl (C=O) groups is 1. The van der Waals surface area contributed by atoms with Crippen LogP contribution in [0.25, 0.3) is 0 Å². The lowest BCUT2D eigenvalue weighted by molar-refractivity contribution is -0.320. The molecule has 5 nitrogen and oxygen atoms in total. The van der Waals surface area contributed by atoms with Crippen LogP contribution in [0.1, 0.15) is 29.1 Å². The molecule has 0 aliphatic carbocycles. The minimum Gasteiger partial charge on any atom is -0.497 e. The highest BCUT2D eigenvalue weighted by atomic mass is 16.8. The van der Waals surface area contributed by atoms with Crippen LogP contribution < -0.4 is 4.74 Å². The molecule has 0 saturated carbocycles. The van der Waals surface area contributed by atoms with E-state index in [1.54, 1.807) is 19.2 Å². The minimum absolute atomic E-state index is 0.122. The smallest absolute Gasteiger partial charge is 0.277 e. The van der Waals surface area contributed by atoms with Gasteiger partial charge >= 0.3 is 0 Å². The summed E-state index contributed by atoms with van der Waals surface area (Å²) in [4.78, 5) is 18.3. The van der Waals surface area contributed by atoms with Gasteiger partial charge in [-0.25, -0.2) is 9.90 Å². The molecular weight excluding hydrogens is 294 g/mol. The first kappa shape index (κ1) is 15.5. The molecular formula is C18H19NO4. The highest BCUT2D eigenvalue weighted by molar-refractivity contribution is 5.93. The standard InChI is InChI=1S/C18H19NO4/c1-13-12-19(17(20)14-6-4-3-5-7-14)23-18(22-13)15-8-10-16(21-2)11-9-15/h3-11,13,18H,12H2,1-2H3/t13-,18+/m1/s1. The number of nitrogens with zero attached hydrogens (tertiary/aromatic N) is 1. The van der Waals surface area contributed by atoms with E-state index >= 15 is 0 Å². The topological polar surface area (TPSA) is 48.0 Å². The molecule has 1 aliphatic rings. The Morgan fingerprint density at radius 3 is 2.48 bits per heavy atom. The Morgan fingerprint density at radius 1 is 1.13 bits per heavy atom. The summed E-state index contributed by atoms with van der Waals surface area (Å²) in [6, 6.07) is 16.5. The van der Waals surface area contributed by atoms with Crippen molar-refractivity contribution in [3.05, 3.63) is 65.7 Å². The van der Waals surface area contributed by atoms with Crippen molar-refractivity contribution in [2.75, 3.05) is 13.7 Å². The molecule has 1 aliphatic heterocycles. The van der Waals surface area contributed by atoms with Crippen molar-refractivity contribution in [3.63, 3.8) is 0 Å². The van der Waals surface area contributed by atoms with Gasteiger partial charge in [0.25, 0.3) is 5.91 Å². The first-order valence-electron chi connectivity index (χ1n) is 7.50. The van der Waals surface area contributed by atoms with Gasteiger partial charge in [0, 0.05) is 11.1 Å². The maximum absolute atomic E-state index is 12.5. The lowest BCUT2D eigenvalue weighted by Crippen LogP contribution is -2.44. The van der Waals surface area contributed by atoms with Gasteiger partial charge in [-0.1, -0.05) is 30.3 Å². The fraction of sp³-hybridized carbons (Fsp3) is 0.278. The number of amides is 1. The first-order valence-corrected chi connectivity index (χ1v) is 7.50. The Hall–Kier alpha value is -2.37. The van der Waals surface area contributed by atoms with Gasteiger partial charge in [-0.3, -0.25) is 4.79 Å². The quantitative estimate of drug-likeness (QED) is 0.873. The average molecular weight is 313 g/mol. The predicted molar refractivity (Wildman–Crippen MR) is 84.8 cm³/mol. The summed E-state index contributed by atoms with van der Waals surface area (Å²) in [5.41, 5.74) is 1.43. The van der Waals surface area contributed by atoms with Crippen LogP contribution in [0.4, 0.5) is 0 Å². The average Bonchev–Trinajstić information content (AvgIpc) is 2.61. The molecule has 2 aromatic rings. The summed E-state index contributed by atoms with van der Waals surface area (Å²) in [7, 11) is 1.62. The van der Waals surface area contributed by atoms with Crippen LogP contribution in [-0.4, -0.2) is 30.7 Å². The zero-order valence-electron chi connectivity index (χ0n) is 13.1. The monoisotopic (exact) mass is 313 g/mol. The van der Waals surface area contributed by atoms with Gasteiger partial charge in [0.2, 0.25) is 6.29 Å². The van der Waals surface area contributed by atoms with Gasteiger partial charge in [0.05, 0.1) is 19.8 Å². The van der Waals surface area contributed by atoms with Crippen molar-refractivity contribution in [1.29, 1.82) is 0 Å². The third kappa shape index (κ3) is 3.52. The van der Waals surface area contributed by atoms with E-state index in [2.05, 4.69) is 0 Å². The molecule has 1 heterocycles. The molecule has 1 fully saturated rings. The van der Waals surface area contributed by atoms with Gasteiger partial charge in [-0.2, -0.15) is 0 Å². The largest absolute Gasteiger partial charge is 0.497 e. The minimum atomic E-state index is -0.614. The summed E-state index contributed by atoms with van der Waals surface area (Å²) in [6.07, 6.45) is -0.735. The van der Waals surface area contributed by atoms with Crippen LogP contribution in [0.2, 0.25) is 0 Å². The second kappa shape index (κ2) is 6.81. The second-order valence-electron chi connectivity index (χ2n) is 5.39. The highest BCUT2D eigenvalue weighted by Crippen LogP contribution is 2.28. The molecule has 0 aromatic heterocycles. The van der Waals surface area contributed by atoms with Crippen molar-refractivity contribution in [1.82, 2.24) is 5.06 Å². The van der Waals surface area contributed by atoms with Gasteiger partial charge < -0.3 is 9.47 Å². The maximum Gasteiger partial charge on any atom is 0.277 e. The van der Waals surface area contributed by atoms with Gasteiger partial charge in [-0.15, -0.1) is 0 Å². The fourth-order valence-corrected chi connectivity index (χ4v) is 2.43. The van der Waals surface area contributed by atoms with Crippen molar-refractivity contribution in [2.24, 2.45) is 0 Å². The number of carbonyl (C=O) groups excluding carboxylic acids is 1. The van der Waals surface area contributed by atoms with E-state index in [9.17, 15) is 4.79 Å². The van der Waals surface area contributed by atoms with E-state index in [-0.39, 0.29) is 12.0 Å².